The Morgan fingerprint density at radius 3 is 2.86 bits per heavy atom. The van der Waals surface area contributed by atoms with Gasteiger partial charge in [-0.2, -0.15) is 0 Å². The molecule has 0 radical (unpaired) electrons. The summed E-state index contributed by atoms with van der Waals surface area (Å²) in [5.41, 5.74) is 0.783. The second-order valence-corrected chi connectivity index (χ2v) is 5.74. The molecule has 0 saturated carbocycles. The van der Waals surface area contributed by atoms with Crippen molar-refractivity contribution >= 4 is 23.5 Å². The Labute approximate surface area is 121 Å². The fourth-order valence-electron chi connectivity index (χ4n) is 3.03. The summed E-state index contributed by atoms with van der Waals surface area (Å²) in [5.74, 6) is -1.36. The van der Waals surface area contributed by atoms with Crippen LogP contribution in [0.2, 0.25) is 0 Å². The fourth-order valence-corrected chi connectivity index (χ4v) is 3.03. The number of rotatable bonds is 2. The van der Waals surface area contributed by atoms with Crippen LogP contribution in [0, 0.1) is 0 Å². The van der Waals surface area contributed by atoms with E-state index in [0.29, 0.717) is 24.9 Å². The number of carbonyl (C=O) groups is 3. The van der Waals surface area contributed by atoms with Crippen molar-refractivity contribution in [1.29, 1.82) is 0 Å². The largest absolute Gasteiger partial charge is 0.480 e. The number of carboxylic acid groups (broad SMARTS) is 1. The van der Waals surface area contributed by atoms with Gasteiger partial charge in [0.2, 0.25) is 5.91 Å². The highest BCUT2D eigenvalue weighted by Crippen LogP contribution is 2.32. The fraction of sp³-hybridized carbons (Fsp3) is 0.400. The first-order chi connectivity index (χ1) is 9.91. The molecule has 6 heteroatoms. The van der Waals surface area contributed by atoms with E-state index < -0.39 is 11.5 Å². The van der Waals surface area contributed by atoms with Gasteiger partial charge in [0.1, 0.15) is 5.54 Å². The molecule has 1 aromatic carbocycles. The van der Waals surface area contributed by atoms with Crippen molar-refractivity contribution in [3.63, 3.8) is 0 Å². The van der Waals surface area contributed by atoms with E-state index in [1.165, 1.54) is 4.90 Å². The summed E-state index contributed by atoms with van der Waals surface area (Å²) in [6.07, 6.45) is 1.39. The van der Waals surface area contributed by atoms with Crippen LogP contribution < -0.4 is 5.32 Å². The van der Waals surface area contributed by atoms with Gasteiger partial charge in [0, 0.05) is 17.8 Å². The Morgan fingerprint density at radius 1 is 1.38 bits per heavy atom. The molecule has 2 aliphatic rings. The lowest BCUT2D eigenvalue weighted by atomic mass is 9.98. The van der Waals surface area contributed by atoms with E-state index in [9.17, 15) is 19.5 Å². The molecule has 0 aliphatic carbocycles. The highest BCUT2D eigenvalue weighted by Gasteiger charge is 2.46. The number of nitrogens with one attached hydrogen (secondary N) is 1. The van der Waals surface area contributed by atoms with Gasteiger partial charge in [0.25, 0.3) is 5.91 Å². The van der Waals surface area contributed by atoms with Gasteiger partial charge in [-0.25, -0.2) is 4.79 Å². The molecule has 2 N–H and O–H groups in total. The van der Waals surface area contributed by atoms with Crippen LogP contribution in [0.5, 0.6) is 0 Å². The summed E-state index contributed by atoms with van der Waals surface area (Å²) in [4.78, 5) is 36.8. The maximum absolute atomic E-state index is 12.6. The van der Waals surface area contributed by atoms with Crippen LogP contribution in [0.1, 0.15) is 35.7 Å². The van der Waals surface area contributed by atoms with Crippen LogP contribution in [-0.2, 0) is 16.0 Å². The van der Waals surface area contributed by atoms with Gasteiger partial charge in [0.15, 0.2) is 0 Å². The summed E-state index contributed by atoms with van der Waals surface area (Å²) >= 11 is 0. The highest BCUT2D eigenvalue weighted by molar-refractivity contribution is 6.02. The smallest absolute Gasteiger partial charge is 0.329 e. The first kappa shape index (κ1) is 13.6. The lowest BCUT2D eigenvalue weighted by Crippen LogP contribution is -2.50. The SMILES string of the molecule is CC1(C(=O)O)CCCN1C(=O)c1ccc2c(c1)CC(=O)N2. The van der Waals surface area contributed by atoms with Gasteiger partial charge < -0.3 is 15.3 Å². The number of fused-ring (bicyclic) bond motifs is 1. The van der Waals surface area contributed by atoms with Crippen molar-refractivity contribution in [2.24, 2.45) is 0 Å². The van der Waals surface area contributed by atoms with Crippen LogP contribution >= 0.6 is 0 Å². The Morgan fingerprint density at radius 2 is 2.14 bits per heavy atom. The Kier molecular flexibility index (Phi) is 2.97. The number of hydrogen-bond acceptors (Lipinski definition) is 3. The zero-order valence-electron chi connectivity index (χ0n) is 11.7. The van der Waals surface area contributed by atoms with Crippen molar-refractivity contribution in [2.75, 3.05) is 11.9 Å². The molecular formula is C15H16N2O4. The number of aliphatic carboxylic acids is 1. The van der Waals surface area contributed by atoms with Gasteiger partial charge in [-0.3, -0.25) is 9.59 Å². The molecule has 21 heavy (non-hydrogen) atoms. The lowest BCUT2D eigenvalue weighted by molar-refractivity contribution is -0.147. The van der Waals surface area contributed by atoms with Crippen LogP contribution in [0.4, 0.5) is 5.69 Å². The second-order valence-electron chi connectivity index (χ2n) is 5.74. The lowest BCUT2D eigenvalue weighted by Gasteiger charge is -2.31. The number of carboxylic acids is 1. The van der Waals surface area contributed by atoms with Crippen LogP contribution in [0.3, 0.4) is 0 Å². The van der Waals surface area contributed by atoms with Crippen molar-refractivity contribution in [3.8, 4) is 0 Å². The second kappa shape index (κ2) is 4.58. The average molecular weight is 288 g/mol. The minimum Gasteiger partial charge on any atom is -0.480 e. The van der Waals surface area contributed by atoms with E-state index in [4.69, 9.17) is 0 Å². The molecule has 0 aromatic heterocycles. The number of hydrogen-bond donors (Lipinski definition) is 2. The number of nitrogens with zero attached hydrogens (tertiary/aromatic N) is 1. The molecule has 0 bridgehead atoms. The number of amides is 2. The third kappa shape index (κ3) is 2.07. The van der Waals surface area contributed by atoms with Crippen molar-refractivity contribution in [1.82, 2.24) is 4.90 Å². The Hall–Kier alpha value is -2.37. The third-order valence-corrected chi connectivity index (χ3v) is 4.32. The maximum Gasteiger partial charge on any atom is 0.329 e. The summed E-state index contributed by atoms with van der Waals surface area (Å²) in [7, 11) is 0. The molecule has 3 rings (SSSR count). The monoisotopic (exact) mass is 288 g/mol. The van der Waals surface area contributed by atoms with Crippen molar-refractivity contribution in [2.45, 2.75) is 31.7 Å². The highest BCUT2D eigenvalue weighted by atomic mass is 16.4. The van der Waals surface area contributed by atoms with Gasteiger partial charge in [0.05, 0.1) is 6.42 Å². The van der Waals surface area contributed by atoms with E-state index in [1.807, 2.05) is 0 Å². The molecule has 6 nitrogen and oxygen atoms in total. The molecule has 1 unspecified atom stereocenters. The average Bonchev–Trinajstić information content (AvgIpc) is 2.99. The van der Waals surface area contributed by atoms with E-state index >= 15 is 0 Å². The quantitative estimate of drug-likeness (QED) is 0.857. The maximum atomic E-state index is 12.6. The predicted octanol–water partition coefficient (Wildman–Crippen LogP) is 1.26. The summed E-state index contributed by atoms with van der Waals surface area (Å²) in [6, 6.07) is 5.01. The summed E-state index contributed by atoms with van der Waals surface area (Å²) in [5, 5.41) is 12.1. The zero-order chi connectivity index (χ0) is 15.2. The number of likely N-dealkylation sites (tertiary alicyclic amines) is 1. The van der Waals surface area contributed by atoms with Crippen LogP contribution in [0.15, 0.2) is 18.2 Å². The van der Waals surface area contributed by atoms with E-state index in [-0.39, 0.29) is 18.2 Å². The standard InChI is InChI=1S/C15H16N2O4/c1-15(14(20)21)5-2-6-17(15)13(19)9-3-4-11-10(7-9)8-12(18)16-11/h3-4,7H,2,5-6,8H2,1H3,(H,16,18)(H,20,21). The zero-order valence-corrected chi connectivity index (χ0v) is 11.7. The molecule has 1 fully saturated rings. The van der Waals surface area contributed by atoms with E-state index in [0.717, 1.165) is 11.3 Å². The third-order valence-electron chi connectivity index (χ3n) is 4.32. The van der Waals surface area contributed by atoms with Gasteiger partial charge in [-0.15, -0.1) is 0 Å². The summed E-state index contributed by atoms with van der Waals surface area (Å²) in [6.45, 7) is 2.02. The van der Waals surface area contributed by atoms with Gasteiger partial charge in [-0.05, 0) is 43.5 Å². The molecule has 2 aliphatic heterocycles. The number of carbonyl (C=O) groups excluding carboxylic acids is 2. The van der Waals surface area contributed by atoms with Gasteiger partial charge in [-0.1, -0.05) is 0 Å². The van der Waals surface area contributed by atoms with Crippen LogP contribution in [0.25, 0.3) is 0 Å². The van der Waals surface area contributed by atoms with Crippen molar-refractivity contribution < 1.29 is 19.5 Å². The minimum atomic E-state index is -1.15. The molecule has 2 amide bonds. The number of benzene rings is 1. The normalized spacial score (nSPS) is 23.9. The number of anilines is 1. The van der Waals surface area contributed by atoms with Gasteiger partial charge >= 0.3 is 5.97 Å². The molecule has 110 valence electrons. The molecule has 1 atom stereocenters. The first-order valence-electron chi connectivity index (χ1n) is 6.90. The molecule has 1 aromatic rings. The predicted molar refractivity (Wildman–Crippen MR) is 75.1 cm³/mol. The molecule has 2 heterocycles. The van der Waals surface area contributed by atoms with Crippen LogP contribution in [-0.4, -0.2) is 39.9 Å². The Balaban J connectivity index is 1.91. The van der Waals surface area contributed by atoms with E-state index in [1.54, 1.807) is 25.1 Å². The first-order valence-corrected chi connectivity index (χ1v) is 6.90. The minimum absolute atomic E-state index is 0.0915. The molecule has 0 spiro atoms. The topological polar surface area (TPSA) is 86.7 Å². The molecule has 1 saturated heterocycles. The summed E-state index contributed by atoms with van der Waals surface area (Å²) < 4.78 is 0. The van der Waals surface area contributed by atoms with E-state index in [2.05, 4.69) is 5.32 Å². The van der Waals surface area contributed by atoms with Crippen molar-refractivity contribution in [3.05, 3.63) is 29.3 Å². The molecular weight excluding hydrogens is 272 g/mol. The Bertz CT molecular complexity index is 655.